The van der Waals surface area contributed by atoms with Crippen molar-refractivity contribution in [3.8, 4) is 0 Å². The van der Waals surface area contributed by atoms with Crippen LogP contribution in [0.3, 0.4) is 0 Å². The molecule has 0 bridgehead atoms. The SMILES string of the molecule is CC(Cn1ccnc1)NCC1(CN2CCN(C)CC2)CC1. The molecular formula is C16H29N5. The predicted octanol–water partition coefficient (Wildman–Crippen LogP) is 0.889. The number of piperazine rings is 1. The molecule has 1 aliphatic heterocycles. The molecule has 0 spiro atoms. The minimum absolute atomic E-state index is 0.504. The summed E-state index contributed by atoms with van der Waals surface area (Å²) in [6, 6.07) is 0.504. The van der Waals surface area contributed by atoms with Gasteiger partial charge in [-0.05, 0) is 32.2 Å². The highest BCUT2D eigenvalue weighted by Gasteiger charge is 2.43. The number of hydrogen-bond acceptors (Lipinski definition) is 4. The van der Waals surface area contributed by atoms with E-state index in [0.717, 1.165) is 13.1 Å². The highest BCUT2D eigenvalue weighted by Crippen LogP contribution is 2.45. The van der Waals surface area contributed by atoms with Crippen molar-refractivity contribution in [2.75, 3.05) is 46.3 Å². The van der Waals surface area contributed by atoms with Crippen LogP contribution in [0.4, 0.5) is 0 Å². The Bertz CT molecular complexity index is 418. The van der Waals surface area contributed by atoms with E-state index in [9.17, 15) is 0 Å². The zero-order chi connectivity index (χ0) is 14.7. The van der Waals surface area contributed by atoms with Crippen molar-refractivity contribution in [3.63, 3.8) is 0 Å². The standard InChI is InChI=1S/C16H29N5/c1-15(11-21-6-5-17-14-21)18-12-16(3-4-16)13-20-9-7-19(2)8-10-20/h5-6,14-15,18H,3-4,7-13H2,1-2H3. The first-order chi connectivity index (χ1) is 10.2. The van der Waals surface area contributed by atoms with Crippen molar-refractivity contribution in [2.45, 2.75) is 32.4 Å². The van der Waals surface area contributed by atoms with Gasteiger partial charge in [0.05, 0.1) is 6.33 Å². The molecule has 1 N–H and O–H groups in total. The fraction of sp³-hybridized carbons (Fsp3) is 0.812. The van der Waals surface area contributed by atoms with Gasteiger partial charge < -0.3 is 19.7 Å². The number of aromatic nitrogens is 2. The fourth-order valence-electron chi connectivity index (χ4n) is 3.21. The molecule has 118 valence electrons. The quantitative estimate of drug-likeness (QED) is 0.809. The molecule has 0 radical (unpaired) electrons. The van der Waals surface area contributed by atoms with Gasteiger partial charge in [-0.15, -0.1) is 0 Å². The van der Waals surface area contributed by atoms with Crippen LogP contribution < -0.4 is 5.32 Å². The summed E-state index contributed by atoms with van der Waals surface area (Å²) in [5, 5.41) is 3.74. The van der Waals surface area contributed by atoms with Gasteiger partial charge >= 0.3 is 0 Å². The summed E-state index contributed by atoms with van der Waals surface area (Å²) in [4.78, 5) is 9.20. The molecule has 0 amide bonds. The van der Waals surface area contributed by atoms with Crippen molar-refractivity contribution in [1.29, 1.82) is 0 Å². The summed E-state index contributed by atoms with van der Waals surface area (Å²) in [5.41, 5.74) is 0.555. The van der Waals surface area contributed by atoms with Crippen LogP contribution in [0, 0.1) is 5.41 Å². The Hall–Kier alpha value is -0.910. The Morgan fingerprint density at radius 2 is 2.00 bits per heavy atom. The van der Waals surface area contributed by atoms with Crippen LogP contribution in [-0.4, -0.2) is 71.7 Å². The van der Waals surface area contributed by atoms with Crippen LogP contribution in [-0.2, 0) is 6.54 Å². The number of nitrogens with zero attached hydrogens (tertiary/aromatic N) is 4. The van der Waals surface area contributed by atoms with E-state index in [2.05, 4.69) is 38.6 Å². The molecule has 1 unspecified atom stereocenters. The third-order valence-corrected chi connectivity index (χ3v) is 4.98. The Morgan fingerprint density at radius 1 is 1.24 bits per heavy atom. The molecule has 3 rings (SSSR count). The van der Waals surface area contributed by atoms with Crippen molar-refractivity contribution >= 4 is 0 Å². The van der Waals surface area contributed by atoms with E-state index < -0.39 is 0 Å². The van der Waals surface area contributed by atoms with Gasteiger partial charge in [-0.25, -0.2) is 4.98 Å². The maximum atomic E-state index is 4.10. The molecule has 5 heteroatoms. The third-order valence-electron chi connectivity index (χ3n) is 4.98. The monoisotopic (exact) mass is 291 g/mol. The number of imidazole rings is 1. The topological polar surface area (TPSA) is 36.3 Å². The molecule has 2 heterocycles. The van der Waals surface area contributed by atoms with E-state index in [0.29, 0.717) is 11.5 Å². The molecule has 2 fully saturated rings. The summed E-state index contributed by atoms with van der Waals surface area (Å²) in [6.45, 7) is 10.6. The van der Waals surface area contributed by atoms with Crippen molar-refractivity contribution in [2.24, 2.45) is 5.41 Å². The fourth-order valence-corrected chi connectivity index (χ4v) is 3.21. The number of rotatable bonds is 7. The zero-order valence-corrected chi connectivity index (χ0v) is 13.5. The van der Waals surface area contributed by atoms with Crippen molar-refractivity contribution in [3.05, 3.63) is 18.7 Å². The second-order valence-corrected chi connectivity index (χ2v) is 7.12. The Morgan fingerprint density at radius 3 is 2.62 bits per heavy atom. The van der Waals surface area contributed by atoms with E-state index in [1.165, 1.54) is 45.6 Å². The van der Waals surface area contributed by atoms with Gasteiger partial charge in [-0.2, -0.15) is 0 Å². The molecule has 5 nitrogen and oxygen atoms in total. The number of nitrogens with one attached hydrogen (secondary N) is 1. The average Bonchev–Trinajstić information content (AvgIpc) is 3.04. The lowest BCUT2D eigenvalue weighted by Crippen LogP contribution is -2.48. The van der Waals surface area contributed by atoms with Crippen molar-refractivity contribution in [1.82, 2.24) is 24.7 Å². The van der Waals surface area contributed by atoms with Crippen LogP contribution in [0.1, 0.15) is 19.8 Å². The van der Waals surface area contributed by atoms with E-state index >= 15 is 0 Å². The van der Waals surface area contributed by atoms with Crippen LogP contribution in [0.15, 0.2) is 18.7 Å². The largest absolute Gasteiger partial charge is 0.336 e. The van der Waals surface area contributed by atoms with Gasteiger partial charge in [0.15, 0.2) is 0 Å². The lowest BCUT2D eigenvalue weighted by molar-refractivity contribution is 0.128. The summed E-state index contributed by atoms with van der Waals surface area (Å²) in [6.07, 6.45) is 8.57. The van der Waals surface area contributed by atoms with Crippen LogP contribution in [0.2, 0.25) is 0 Å². The minimum Gasteiger partial charge on any atom is -0.336 e. The molecule has 1 aromatic rings. The van der Waals surface area contributed by atoms with Crippen LogP contribution >= 0.6 is 0 Å². The first-order valence-corrected chi connectivity index (χ1v) is 8.25. The van der Waals surface area contributed by atoms with Gasteiger partial charge in [0.1, 0.15) is 0 Å². The maximum Gasteiger partial charge on any atom is 0.0946 e. The Balaban J connectivity index is 1.40. The zero-order valence-electron chi connectivity index (χ0n) is 13.5. The van der Waals surface area contributed by atoms with Gasteiger partial charge in [0.25, 0.3) is 0 Å². The smallest absolute Gasteiger partial charge is 0.0946 e. The molecule has 1 saturated heterocycles. The number of likely N-dealkylation sites (N-methyl/N-ethyl adjacent to an activating group) is 1. The summed E-state index contributed by atoms with van der Waals surface area (Å²) in [5.74, 6) is 0. The van der Waals surface area contributed by atoms with Gasteiger partial charge in [-0.1, -0.05) is 0 Å². The van der Waals surface area contributed by atoms with E-state index in [1.54, 1.807) is 0 Å². The highest BCUT2D eigenvalue weighted by molar-refractivity contribution is 4.98. The Labute approximate surface area is 128 Å². The third kappa shape index (κ3) is 4.28. The predicted molar refractivity (Wildman–Crippen MR) is 85.3 cm³/mol. The normalized spacial score (nSPS) is 24.1. The van der Waals surface area contributed by atoms with Gasteiger partial charge in [0, 0.05) is 64.2 Å². The summed E-state index contributed by atoms with van der Waals surface area (Å²) >= 11 is 0. The van der Waals surface area contributed by atoms with E-state index in [1.807, 2.05) is 18.7 Å². The first-order valence-electron chi connectivity index (χ1n) is 8.25. The second kappa shape index (κ2) is 6.46. The molecule has 0 aromatic carbocycles. The van der Waals surface area contributed by atoms with Crippen molar-refractivity contribution < 1.29 is 0 Å². The van der Waals surface area contributed by atoms with Gasteiger partial charge in [0.2, 0.25) is 0 Å². The van der Waals surface area contributed by atoms with Gasteiger partial charge in [-0.3, -0.25) is 0 Å². The Kier molecular flexibility index (Phi) is 4.62. The van der Waals surface area contributed by atoms with E-state index in [-0.39, 0.29) is 0 Å². The minimum atomic E-state index is 0.504. The first kappa shape index (κ1) is 15.0. The maximum absolute atomic E-state index is 4.10. The van der Waals surface area contributed by atoms with Crippen LogP contribution in [0.25, 0.3) is 0 Å². The lowest BCUT2D eigenvalue weighted by atomic mass is 10.1. The molecule has 1 aliphatic carbocycles. The molecular weight excluding hydrogens is 262 g/mol. The number of hydrogen-bond donors (Lipinski definition) is 1. The lowest BCUT2D eigenvalue weighted by Gasteiger charge is -2.35. The molecule has 1 saturated carbocycles. The summed E-state index contributed by atoms with van der Waals surface area (Å²) in [7, 11) is 2.23. The summed E-state index contributed by atoms with van der Waals surface area (Å²) < 4.78 is 2.15. The molecule has 1 aromatic heterocycles. The molecule has 2 aliphatic rings. The molecule has 21 heavy (non-hydrogen) atoms. The second-order valence-electron chi connectivity index (χ2n) is 7.12. The molecule has 1 atom stereocenters. The van der Waals surface area contributed by atoms with Crippen LogP contribution in [0.5, 0.6) is 0 Å². The highest BCUT2D eigenvalue weighted by atomic mass is 15.3. The van der Waals surface area contributed by atoms with E-state index in [4.69, 9.17) is 0 Å². The average molecular weight is 291 g/mol.